The van der Waals surface area contributed by atoms with Crippen molar-refractivity contribution in [3.8, 4) is 22.3 Å². The van der Waals surface area contributed by atoms with Crippen LogP contribution in [-0.2, 0) is 10.8 Å². The average molecular weight is 1200 g/mol. The first-order chi connectivity index (χ1) is 44.0. The predicted molar refractivity (Wildman–Crippen MR) is 387 cm³/mol. The fourth-order valence-corrected chi connectivity index (χ4v) is 20.9. The lowest BCUT2D eigenvalue weighted by Crippen LogP contribution is -2.61. The highest BCUT2D eigenvalue weighted by molar-refractivity contribution is 7.26. The molecule has 0 amide bonds. The van der Waals surface area contributed by atoms with E-state index in [2.05, 4.69) is 285 Å². The van der Waals surface area contributed by atoms with Crippen molar-refractivity contribution >= 4 is 143 Å². The molecule has 4 atom stereocenters. The summed E-state index contributed by atoms with van der Waals surface area (Å²) in [5.41, 5.74) is 25.6. The number of hydrogen-bond acceptors (Lipinski definition) is 6. The number of thiophene rings is 2. The smallest absolute Gasteiger partial charge is 0.252 e. The number of aryl methyl sites for hydroxylation is 1. The maximum Gasteiger partial charge on any atom is 0.252 e. The third-order valence-corrected chi connectivity index (χ3v) is 25.6. The zero-order valence-electron chi connectivity index (χ0n) is 51.8. The molecule has 90 heavy (non-hydrogen) atoms. The van der Waals surface area contributed by atoms with Crippen LogP contribution in [0.1, 0.15) is 95.8 Å². The second-order valence-corrected chi connectivity index (χ2v) is 30.0. The highest BCUT2D eigenvalue weighted by atomic mass is 32.1. The third-order valence-electron chi connectivity index (χ3n) is 23.4. The zero-order chi connectivity index (χ0) is 60.0. The van der Waals surface area contributed by atoms with Crippen molar-refractivity contribution in [2.75, 3.05) is 19.6 Å². The van der Waals surface area contributed by atoms with E-state index in [0.717, 1.165) is 25.7 Å². The summed E-state index contributed by atoms with van der Waals surface area (Å²) in [6.07, 6.45) is 9.46. The normalized spacial score (nSPS) is 22.0. The van der Waals surface area contributed by atoms with Crippen LogP contribution in [0.15, 0.2) is 231 Å². The monoisotopic (exact) mass is 1200 g/mol. The van der Waals surface area contributed by atoms with E-state index in [1.54, 1.807) is 0 Å². The van der Waals surface area contributed by atoms with Gasteiger partial charge in [0.2, 0.25) is 0 Å². The maximum absolute atomic E-state index is 2.80. The number of rotatable bonds is 6. The van der Waals surface area contributed by atoms with Crippen molar-refractivity contribution < 1.29 is 0 Å². The molecule has 2 aliphatic carbocycles. The predicted octanol–water partition coefficient (Wildman–Crippen LogP) is 21.6. The van der Waals surface area contributed by atoms with Crippen LogP contribution in [0.2, 0.25) is 0 Å². The molecule has 11 aromatic carbocycles. The average Bonchev–Trinajstić information content (AvgIpc) is 1.21. The summed E-state index contributed by atoms with van der Waals surface area (Å²) in [5, 5.41) is 5.24. The van der Waals surface area contributed by atoms with E-state index in [4.69, 9.17) is 0 Å². The first-order valence-corrected chi connectivity index (χ1v) is 34.5. The number of benzene rings is 11. The van der Waals surface area contributed by atoms with Crippen molar-refractivity contribution in [3.63, 3.8) is 0 Å². The summed E-state index contributed by atoms with van der Waals surface area (Å²) < 4.78 is 5.24. The molecule has 4 nitrogen and oxygen atoms in total. The molecule has 436 valence electrons. The molecule has 0 saturated heterocycles. The minimum atomic E-state index is -0.147. The molecule has 4 unspecified atom stereocenters. The van der Waals surface area contributed by atoms with Crippen molar-refractivity contribution in [2.45, 2.75) is 108 Å². The largest absolute Gasteiger partial charge is 0.334 e. The fourth-order valence-electron chi connectivity index (χ4n) is 18.7. The van der Waals surface area contributed by atoms with Crippen LogP contribution in [0.25, 0.3) is 62.6 Å². The van der Waals surface area contributed by atoms with Crippen LogP contribution >= 0.6 is 22.7 Å². The van der Waals surface area contributed by atoms with Gasteiger partial charge < -0.3 is 19.6 Å². The Morgan fingerprint density at radius 3 is 1.23 bits per heavy atom. The minimum Gasteiger partial charge on any atom is -0.334 e. The first kappa shape index (κ1) is 53.0. The minimum absolute atomic E-state index is 0.0486. The van der Waals surface area contributed by atoms with Crippen LogP contribution in [0.5, 0.6) is 0 Å². The Morgan fingerprint density at radius 1 is 0.344 bits per heavy atom. The molecular weight excluding hydrogens is 1130 g/mol. The maximum atomic E-state index is 2.80. The Kier molecular flexibility index (Phi) is 11.2. The molecule has 0 bridgehead atoms. The van der Waals surface area contributed by atoms with E-state index < -0.39 is 0 Å². The molecule has 2 fully saturated rings. The quantitative estimate of drug-likeness (QED) is 0.154. The number of nitrogens with zero attached hydrogens (tertiary/aromatic N) is 4. The van der Waals surface area contributed by atoms with Crippen molar-refractivity contribution in [1.82, 2.24) is 0 Å². The molecule has 4 aliphatic heterocycles. The summed E-state index contributed by atoms with van der Waals surface area (Å²) in [4.78, 5) is 11.0. The van der Waals surface area contributed by atoms with E-state index in [9.17, 15) is 0 Å². The highest BCUT2D eigenvalue weighted by Crippen LogP contribution is 2.64. The van der Waals surface area contributed by atoms with E-state index in [0.29, 0.717) is 0 Å². The van der Waals surface area contributed by atoms with Crippen molar-refractivity contribution in [3.05, 3.63) is 247 Å². The molecule has 2 aromatic heterocycles. The first-order valence-electron chi connectivity index (χ1n) is 32.9. The summed E-state index contributed by atoms with van der Waals surface area (Å²) >= 11 is 3.82. The Morgan fingerprint density at radius 2 is 0.767 bits per heavy atom. The third kappa shape index (κ3) is 7.08. The van der Waals surface area contributed by atoms with Gasteiger partial charge in [0.05, 0.1) is 22.5 Å². The molecular formula is C83H69BN4S2. The van der Waals surface area contributed by atoms with Gasteiger partial charge in [-0.15, -0.1) is 22.7 Å². The van der Waals surface area contributed by atoms with Gasteiger partial charge in [-0.3, -0.25) is 0 Å². The fraction of sp³-hybridized carbons (Fsp3) is 0.205. The van der Waals surface area contributed by atoms with Crippen molar-refractivity contribution in [1.29, 1.82) is 0 Å². The molecule has 6 heterocycles. The molecule has 0 spiro atoms. The summed E-state index contributed by atoms with van der Waals surface area (Å²) in [6, 6.07) is 89.6. The Balaban J connectivity index is 0.881. The van der Waals surface area contributed by atoms with Gasteiger partial charge in [-0.25, -0.2) is 0 Å². The standard InChI is InChI=1S/C83H69BN4S2/c1-52-46-71-79-72(47-52)86(68-29-21-33-76-78(68)60-27-13-15-31-74(60)90-76)70-51-58(88-66-41-35-56(54-24-10-7-11-25-54)49-62(66)81(3)43-17-19-45-83(81,88)5)37-39-64(70)84(79)63-38-36-57(50-69(63)85(71)67-28-20-32-75-77(67)59-26-12-14-30-73(59)89-75)87-65-40-34-55(53-22-8-6-9-23-53)48-61(65)80(2)42-16-18-44-82(80,87)4/h6-15,20-41,46-51H,16-19,42-45H2,1-5H3. The lowest BCUT2D eigenvalue weighted by Gasteiger charge is -2.51. The molecule has 0 N–H and O–H groups in total. The molecule has 19 rings (SSSR count). The van der Waals surface area contributed by atoms with Gasteiger partial charge in [0.1, 0.15) is 0 Å². The van der Waals surface area contributed by atoms with E-state index >= 15 is 0 Å². The second-order valence-electron chi connectivity index (χ2n) is 27.8. The zero-order valence-corrected chi connectivity index (χ0v) is 53.4. The molecule has 2 saturated carbocycles. The van der Waals surface area contributed by atoms with Crippen LogP contribution in [0.3, 0.4) is 0 Å². The summed E-state index contributed by atoms with van der Waals surface area (Å²) in [5.74, 6) is 0. The lowest BCUT2D eigenvalue weighted by molar-refractivity contribution is 0.195. The Bertz CT molecular complexity index is 4870. The molecule has 0 radical (unpaired) electrons. The summed E-state index contributed by atoms with van der Waals surface area (Å²) in [7, 11) is 0. The number of fused-ring (bicyclic) bond motifs is 16. The Labute approximate surface area is 536 Å². The van der Waals surface area contributed by atoms with E-state index in [-0.39, 0.29) is 28.6 Å². The van der Waals surface area contributed by atoms with Gasteiger partial charge in [-0.05, 0) is 199 Å². The van der Waals surface area contributed by atoms with Gasteiger partial charge in [0, 0.05) is 96.7 Å². The van der Waals surface area contributed by atoms with Gasteiger partial charge in [-0.2, -0.15) is 0 Å². The van der Waals surface area contributed by atoms with Gasteiger partial charge in [-0.1, -0.05) is 173 Å². The van der Waals surface area contributed by atoms with Crippen LogP contribution in [-0.4, -0.2) is 17.8 Å². The van der Waals surface area contributed by atoms with Crippen LogP contribution < -0.4 is 36.0 Å². The SMILES string of the molecule is Cc1cc2c3c(c1)N(c1cccc4sc5ccccc5c14)c1cc(N4c5ccc(-c6ccccc6)cc5C5(C)CCCCC45C)ccc1B3c1ccc(N3c4ccc(-c5ccccc5)cc4C4(C)CCCCC34C)cc1N2c1cccc2sc3ccccc3c12. The topological polar surface area (TPSA) is 13.0 Å². The van der Waals surface area contributed by atoms with E-state index in [1.165, 1.54) is 178 Å². The van der Waals surface area contributed by atoms with Crippen LogP contribution in [0, 0.1) is 6.92 Å². The van der Waals surface area contributed by atoms with Crippen LogP contribution in [0.4, 0.5) is 56.9 Å². The van der Waals surface area contributed by atoms with Gasteiger partial charge in [0.15, 0.2) is 0 Å². The number of hydrogen-bond donors (Lipinski definition) is 0. The van der Waals surface area contributed by atoms with E-state index in [1.807, 2.05) is 22.7 Å². The van der Waals surface area contributed by atoms with Gasteiger partial charge in [0.25, 0.3) is 6.71 Å². The van der Waals surface area contributed by atoms with Gasteiger partial charge >= 0.3 is 0 Å². The van der Waals surface area contributed by atoms with Crippen molar-refractivity contribution in [2.24, 2.45) is 0 Å². The second kappa shape index (κ2) is 19.1. The Hall–Kier alpha value is -8.88. The molecule has 13 aromatic rings. The summed E-state index contributed by atoms with van der Waals surface area (Å²) in [6.45, 7) is 12.6. The lowest BCUT2D eigenvalue weighted by atomic mass is 9.33. The molecule has 6 aliphatic rings. The highest BCUT2D eigenvalue weighted by Gasteiger charge is 2.60. The number of anilines is 10. The molecule has 7 heteroatoms.